The summed E-state index contributed by atoms with van der Waals surface area (Å²) in [5, 5.41) is 1.02. The minimum absolute atomic E-state index is 0.215. The molecule has 0 aliphatic carbocycles. The summed E-state index contributed by atoms with van der Waals surface area (Å²) < 4.78 is 13.0. The van der Waals surface area contributed by atoms with Crippen LogP contribution >= 0.6 is 11.3 Å². The highest BCUT2D eigenvalue weighted by Gasteiger charge is 2.07. The quantitative estimate of drug-likeness (QED) is 0.696. The summed E-state index contributed by atoms with van der Waals surface area (Å²) in [6, 6.07) is 6.54. The zero-order valence-electron chi connectivity index (χ0n) is 8.04. The molecule has 1 aromatic carbocycles. The molecule has 0 saturated carbocycles. The first-order chi connectivity index (χ1) is 6.66. The van der Waals surface area contributed by atoms with E-state index in [-0.39, 0.29) is 5.82 Å². The second-order valence-electron chi connectivity index (χ2n) is 3.15. The van der Waals surface area contributed by atoms with Gasteiger partial charge in [0.05, 0.1) is 10.7 Å². The zero-order chi connectivity index (χ0) is 10.1. The molecular weight excluding hydrogens is 197 g/mol. The predicted molar refractivity (Wildman–Crippen MR) is 57.0 cm³/mol. The largest absolute Gasteiger partial charge is 0.241 e. The van der Waals surface area contributed by atoms with Crippen LogP contribution in [0.3, 0.4) is 0 Å². The van der Waals surface area contributed by atoms with Crippen LogP contribution in [0.2, 0.25) is 0 Å². The molecule has 0 N–H and O–H groups in total. The van der Waals surface area contributed by atoms with Crippen LogP contribution in [-0.2, 0) is 0 Å². The van der Waals surface area contributed by atoms with Crippen LogP contribution in [0, 0.1) is 19.7 Å². The van der Waals surface area contributed by atoms with Gasteiger partial charge in [-0.1, -0.05) is 12.1 Å². The highest BCUT2D eigenvalue weighted by Crippen LogP contribution is 2.27. The van der Waals surface area contributed by atoms with Crippen LogP contribution < -0.4 is 0 Å². The lowest BCUT2D eigenvalue weighted by Crippen LogP contribution is -1.82. The standard InChI is InChI=1S/C11H10FNS/c1-7-11(13-8(2)14-7)9-4-3-5-10(12)6-9/h3-6H,1-2H3. The van der Waals surface area contributed by atoms with Gasteiger partial charge in [-0.25, -0.2) is 9.37 Å². The molecule has 1 aromatic heterocycles. The number of benzene rings is 1. The van der Waals surface area contributed by atoms with Gasteiger partial charge in [-0.2, -0.15) is 0 Å². The van der Waals surface area contributed by atoms with Crippen LogP contribution in [0.1, 0.15) is 9.88 Å². The van der Waals surface area contributed by atoms with Crippen molar-refractivity contribution in [3.8, 4) is 11.3 Å². The van der Waals surface area contributed by atoms with Gasteiger partial charge < -0.3 is 0 Å². The molecule has 0 aliphatic heterocycles. The van der Waals surface area contributed by atoms with Gasteiger partial charge in [-0.3, -0.25) is 0 Å². The summed E-state index contributed by atoms with van der Waals surface area (Å²) >= 11 is 1.64. The van der Waals surface area contributed by atoms with Crippen molar-refractivity contribution in [2.24, 2.45) is 0 Å². The van der Waals surface area contributed by atoms with Crippen molar-refractivity contribution >= 4 is 11.3 Å². The van der Waals surface area contributed by atoms with Crippen LogP contribution in [0.15, 0.2) is 24.3 Å². The van der Waals surface area contributed by atoms with E-state index in [1.165, 1.54) is 12.1 Å². The Labute approximate surface area is 86.2 Å². The predicted octanol–water partition coefficient (Wildman–Crippen LogP) is 3.57. The van der Waals surface area contributed by atoms with Gasteiger partial charge in [0.15, 0.2) is 0 Å². The van der Waals surface area contributed by atoms with Crippen molar-refractivity contribution in [1.82, 2.24) is 4.98 Å². The molecule has 2 rings (SSSR count). The fourth-order valence-electron chi connectivity index (χ4n) is 1.43. The maximum Gasteiger partial charge on any atom is 0.123 e. The molecule has 0 saturated heterocycles. The number of aryl methyl sites for hydroxylation is 2. The Morgan fingerprint density at radius 1 is 1.29 bits per heavy atom. The zero-order valence-corrected chi connectivity index (χ0v) is 8.86. The van der Waals surface area contributed by atoms with Crippen molar-refractivity contribution in [2.45, 2.75) is 13.8 Å². The van der Waals surface area contributed by atoms with Crippen molar-refractivity contribution in [3.05, 3.63) is 40.0 Å². The topological polar surface area (TPSA) is 12.9 Å². The van der Waals surface area contributed by atoms with E-state index in [4.69, 9.17) is 0 Å². The Bertz CT molecular complexity index is 462. The van der Waals surface area contributed by atoms with Gasteiger partial charge in [-0.15, -0.1) is 11.3 Å². The van der Waals surface area contributed by atoms with E-state index in [0.29, 0.717) is 0 Å². The van der Waals surface area contributed by atoms with E-state index in [9.17, 15) is 4.39 Å². The maximum atomic E-state index is 13.0. The Kier molecular flexibility index (Phi) is 2.33. The highest BCUT2D eigenvalue weighted by molar-refractivity contribution is 7.11. The molecular formula is C11H10FNS. The first kappa shape index (κ1) is 9.34. The van der Waals surface area contributed by atoms with E-state index in [0.717, 1.165) is 21.1 Å². The van der Waals surface area contributed by atoms with Gasteiger partial charge in [-0.05, 0) is 26.0 Å². The number of rotatable bonds is 1. The molecule has 0 atom stereocenters. The molecule has 0 spiro atoms. The lowest BCUT2D eigenvalue weighted by Gasteiger charge is -1.97. The normalized spacial score (nSPS) is 10.5. The fraction of sp³-hybridized carbons (Fsp3) is 0.182. The third-order valence-corrected chi connectivity index (χ3v) is 2.89. The van der Waals surface area contributed by atoms with Crippen molar-refractivity contribution in [1.29, 1.82) is 0 Å². The van der Waals surface area contributed by atoms with Gasteiger partial charge >= 0.3 is 0 Å². The molecule has 0 aliphatic rings. The van der Waals surface area contributed by atoms with E-state index in [1.807, 2.05) is 19.9 Å². The SMILES string of the molecule is Cc1nc(-c2cccc(F)c2)c(C)s1. The highest BCUT2D eigenvalue weighted by atomic mass is 32.1. The molecule has 0 bridgehead atoms. The number of aromatic nitrogens is 1. The van der Waals surface area contributed by atoms with E-state index in [2.05, 4.69) is 4.98 Å². The number of thiazole rings is 1. The minimum Gasteiger partial charge on any atom is -0.241 e. The monoisotopic (exact) mass is 207 g/mol. The third-order valence-electron chi connectivity index (χ3n) is 2.00. The van der Waals surface area contributed by atoms with Crippen molar-refractivity contribution < 1.29 is 4.39 Å². The van der Waals surface area contributed by atoms with Crippen LogP contribution in [0.25, 0.3) is 11.3 Å². The lowest BCUT2D eigenvalue weighted by molar-refractivity contribution is 0.628. The van der Waals surface area contributed by atoms with E-state index < -0.39 is 0 Å². The average Bonchev–Trinajstić information content (AvgIpc) is 2.45. The summed E-state index contributed by atoms with van der Waals surface area (Å²) in [4.78, 5) is 5.51. The maximum absolute atomic E-state index is 13.0. The Balaban J connectivity index is 2.54. The number of halogens is 1. The Morgan fingerprint density at radius 3 is 2.64 bits per heavy atom. The summed E-state index contributed by atoms with van der Waals surface area (Å²) in [7, 11) is 0. The third kappa shape index (κ3) is 1.68. The van der Waals surface area contributed by atoms with Crippen molar-refractivity contribution in [3.63, 3.8) is 0 Å². The second kappa shape index (κ2) is 3.50. The number of nitrogens with zero attached hydrogens (tertiary/aromatic N) is 1. The smallest absolute Gasteiger partial charge is 0.123 e. The molecule has 0 unspecified atom stereocenters. The first-order valence-corrected chi connectivity index (χ1v) is 5.18. The minimum atomic E-state index is -0.215. The van der Waals surface area contributed by atoms with Gasteiger partial charge in [0.1, 0.15) is 5.82 Å². The molecule has 72 valence electrons. The molecule has 14 heavy (non-hydrogen) atoms. The molecule has 1 nitrogen and oxygen atoms in total. The molecule has 0 radical (unpaired) electrons. The van der Waals surface area contributed by atoms with Crippen LogP contribution in [-0.4, -0.2) is 4.98 Å². The summed E-state index contributed by atoms with van der Waals surface area (Å²) in [6.07, 6.45) is 0. The van der Waals surface area contributed by atoms with Crippen LogP contribution in [0.5, 0.6) is 0 Å². The number of hydrogen-bond acceptors (Lipinski definition) is 2. The molecule has 3 heteroatoms. The van der Waals surface area contributed by atoms with Gasteiger partial charge in [0.25, 0.3) is 0 Å². The molecule has 1 heterocycles. The molecule has 2 aromatic rings. The summed E-state index contributed by atoms with van der Waals surface area (Å²) in [5.74, 6) is -0.215. The second-order valence-corrected chi connectivity index (χ2v) is 4.56. The van der Waals surface area contributed by atoms with E-state index >= 15 is 0 Å². The lowest BCUT2D eigenvalue weighted by atomic mass is 10.1. The molecule has 0 fully saturated rings. The number of hydrogen-bond donors (Lipinski definition) is 0. The summed E-state index contributed by atoms with van der Waals surface area (Å²) in [6.45, 7) is 3.96. The first-order valence-electron chi connectivity index (χ1n) is 4.37. The Hall–Kier alpha value is -1.22. The summed E-state index contributed by atoms with van der Waals surface area (Å²) in [5.41, 5.74) is 1.75. The molecule has 0 amide bonds. The average molecular weight is 207 g/mol. The van der Waals surface area contributed by atoms with Gasteiger partial charge in [0.2, 0.25) is 0 Å². The van der Waals surface area contributed by atoms with Crippen LogP contribution in [0.4, 0.5) is 4.39 Å². The Morgan fingerprint density at radius 2 is 2.07 bits per heavy atom. The van der Waals surface area contributed by atoms with E-state index in [1.54, 1.807) is 17.4 Å². The van der Waals surface area contributed by atoms with Crippen molar-refractivity contribution in [2.75, 3.05) is 0 Å². The van der Waals surface area contributed by atoms with Gasteiger partial charge in [0, 0.05) is 10.4 Å². The fourth-order valence-corrected chi connectivity index (χ4v) is 2.27.